The SMILES string of the molecule is CS(=O)(=O)O.Cc1ccc2c3c1cc(C(=O)NC=NN)n3CCC2. The third-order valence-corrected chi connectivity index (χ3v) is 3.69. The number of carbonyl (C=O) groups excluding carboxylic acids is 1. The Kier molecular flexibility index (Phi) is 5.25. The van der Waals surface area contributed by atoms with Crippen LogP contribution >= 0.6 is 0 Å². The molecule has 0 saturated heterocycles. The van der Waals surface area contributed by atoms with Gasteiger partial charge in [0.15, 0.2) is 0 Å². The zero-order valence-corrected chi connectivity index (χ0v) is 14.3. The summed E-state index contributed by atoms with van der Waals surface area (Å²) in [5.74, 6) is 4.84. The second-order valence-corrected chi connectivity index (χ2v) is 7.04. The second-order valence-electron chi connectivity index (χ2n) is 5.57. The molecule has 2 aromatic rings. The predicted octanol–water partition coefficient (Wildman–Crippen LogP) is 1.03. The first-order valence-corrected chi connectivity index (χ1v) is 9.14. The van der Waals surface area contributed by atoms with Crippen LogP contribution < -0.4 is 11.2 Å². The molecule has 0 saturated carbocycles. The van der Waals surface area contributed by atoms with Gasteiger partial charge in [0.05, 0.1) is 11.8 Å². The number of rotatable bonds is 2. The zero-order chi connectivity index (χ0) is 17.9. The first-order chi connectivity index (χ1) is 11.2. The lowest BCUT2D eigenvalue weighted by atomic mass is 10.0. The number of benzene rings is 1. The summed E-state index contributed by atoms with van der Waals surface area (Å²) in [7, 11) is -3.67. The highest BCUT2D eigenvalue weighted by Gasteiger charge is 2.20. The van der Waals surface area contributed by atoms with E-state index < -0.39 is 10.1 Å². The Morgan fingerprint density at radius 1 is 1.46 bits per heavy atom. The Bertz CT molecular complexity index is 892. The van der Waals surface area contributed by atoms with Gasteiger partial charge in [-0.1, -0.05) is 12.1 Å². The van der Waals surface area contributed by atoms with Crippen molar-refractivity contribution in [3.05, 3.63) is 35.0 Å². The molecular weight excluding hydrogens is 332 g/mol. The van der Waals surface area contributed by atoms with Crippen molar-refractivity contribution in [1.29, 1.82) is 0 Å². The van der Waals surface area contributed by atoms with Crippen LogP contribution in [0.1, 0.15) is 28.0 Å². The van der Waals surface area contributed by atoms with Gasteiger partial charge < -0.3 is 15.7 Å². The minimum atomic E-state index is -3.67. The van der Waals surface area contributed by atoms with Gasteiger partial charge in [0, 0.05) is 11.9 Å². The van der Waals surface area contributed by atoms with Crippen molar-refractivity contribution >= 4 is 33.3 Å². The lowest BCUT2D eigenvalue weighted by molar-refractivity contribution is 0.0969. The van der Waals surface area contributed by atoms with Crippen molar-refractivity contribution in [2.45, 2.75) is 26.3 Å². The fourth-order valence-electron chi connectivity index (χ4n) is 2.81. The van der Waals surface area contributed by atoms with Crippen molar-refractivity contribution in [3.63, 3.8) is 0 Å². The molecule has 0 bridgehead atoms. The van der Waals surface area contributed by atoms with E-state index in [9.17, 15) is 13.2 Å². The van der Waals surface area contributed by atoms with Crippen molar-refractivity contribution in [2.24, 2.45) is 10.9 Å². The van der Waals surface area contributed by atoms with E-state index >= 15 is 0 Å². The summed E-state index contributed by atoms with van der Waals surface area (Å²) in [6, 6.07) is 6.24. The smallest absolute Gasteiger partial charge is 0.273 e. The quantitative estimate of drug-likeness (QED) is 0.245. The Balaban J connectivity index is 0.000000368. The summed E-state index contributed by atoms with van der Waals surface area (Å²) >= 11 is 0. The van der Waals surface area contributed by atoms with E-state index in [0.717, 1.165) is 24.8 Å². The van der Waals surface area contributed by atoms with Gasteiger partial charge in [-0.05, 0) is 37.0 Å². The van der Waals surface area contributed by atoms with Gasteiger partial charge >= 0.3 is 0 Å². The Morgan fingerprint density at radius 3 is 2.75 bits per heavy atom. The Morgan fingerprint density at radius 2 is 2.12 bits per heavy atom. The standard InChI is InChI=1S/C14H16N4O.CH4O3S/c1-9-4-5-10-3-2-6-18-12(7-11(9)13(10)18)14(19)16-8-17-15;1-5(2,3)4/h4-5,7-8H,2-3,6,15H2,1H3,(H,16,17,19);1H3,(H,2,3,4). The van der Waals surface area contributed by atoms with Gasteiger partial charge in [-0.15, -0.1) is 0 Å². The number of aromatic nitrogens is 1. The highest BCUT2D eigenvalue weighted by Crippen LogP contribution is 2.30. The monoisotopic (exact) mass is 352 g/mol. The maximum Gasteiger partial charge on any atom is 0.273 e. The average Bonchev–Trinajstić information content (AvgIpc) is 2.89. The van der Waals surface area contributed by atoms with Crippen molar-refractivity contribution < 1.29 is 17.8 Å². The molecule has 2 heterocycles. The predicted molar refractivity (Wildman–Crippen MR) is 92.6 cm³/mol. The van der Waals surface area contributed by atoms with E-state index in [1.54, 1.807) is 0 Å². The van der Waals surface area contributed by atoms with Crippen LogP contribution in [0, 0.1) is 6.92 Å². The minimum Gasteiger partial charge on any atom is -0.336 e. The number of nitrogens with one attached hydrogen (secondary N) is 1. The maximum atomic E-state index is 12.1. The number of carbonyl (C=O) groups is 1. The van der Waals surface area contributed by atoms with E-state index in [4.69, 9.17) is 10.4 Å². The van der Waals surface area contributed by atoms with Gasteiger partial charge in [0.25, 0.3) is 16.0 Å². The van der Waals surface area contributed by atoms with Crippen molar-refractivity contribution in [1.82, 2.24) is 9.88 Å². The van der Waals surface area contributed by atoms with Crippen LogP contribution in [0.4, 0.5) is 0 Å². The molecular formula is C15H20N4O4S. The summed E-state index contributed by atoms with van der Waals surface area (Å²) in [5.41, 5.74) is 4.38. The zero-order valence-electron chi connectivity index (χ0n) is 13.5. The van der Waals surface area contributed by atoms with Gasteiger partial charge in [-0.3, -0.25) is 9.35 Å². The molecule has 1 aromatic carbocycles. The van der Waals surface area contributed by atoms with E-state index in [2.05, 4.69) is 34.0 Å². The molecule has 1 aliphatic rings. The second kappa shape index (κ2) is 7.02. The largest absolute Gasteiger partial charge is 0.336 e. The molecule has 9 heteroatoms. The van der Waals surface area contributed by atoms with E-state index in [0.29, 0.717) is 11.9 Å². The molecule has 0 spiro atoms. The Hall–Kier alpha value is -2.39. The summed E-state index contributed by atoms with van der Waals surface area (Å²) in [5, 5.41) is 7.02. The van der Waals surface area contributed by atoms with Crippen LogP contribution in [-0.4, -0.2) is 36.0 Å². The normalized spacial score (nSPS) is 13.6. The van der Waals surface area contributed by atoms with Crippen LogP contribution in [-0.2, 0) is 23.1 Å². The molecule has 1 aliphatic heterocycles. The molecule has 24 heavy (non-hydrogen) atoms. The molecule has 130 valence electrons. The van der Waals surface area contributed by atoms with Crippen molar-refractivity contribution in [2.75, 3.05) is 6.26 Å². The van der Waals surface area contributed by atoms with Gasteiger partial charge in [-0.2, -0.15) is 13.5 Å². The first-order valence-electron chi connectivity index (χ1n) is 7.29. The van der Waals surface area contributed by atoms with Gasteiger partial charge in [0.2, 0.25) is 0 Å². The molecule has 4 N–H and O–H groups in total. The number of hydrazone groups is 1. The Labute approximate surface area is 140 Å². The number of nitrogens with zero attached hydrogens (tertiary/aromatic N) is 2. The highest BCUT2D eigenvalue weighted by molar-refractivity contribution is 7.85. The molecule has 0 radical (unpaired) electrons. The fourth-order valence-corrected chi connectivity index (χ4v) is 2.81. The molecule has 0 atom stereocenters. The summed E-state index contributed by atoms with van der Waals surface area (Å²) in [6.45, 7) is 2.95. The lowest BCUT2D eigenvalue weighted by Crippen LogP contribution is -2.25. The third-order valence-electron chi connectivity index (χ3n) is 3.69. The van der Waals surface area contributed by atoms with Gasteiger partial charge in [-0.25, -0.2) is 0 Å². The maximum absolute atomic E-state index is 12.1. The summed E-state index contributed by atoms with van der Waals surface area (Å²) in [4.78, 5) is 12.1. The molecule has 0 fully saturated rings. The highest BCUT2D eigenvalue weighted by atomic mass is 32.2. The van der Waals surface area contributed by atoms with Crippen LogP contribution in [0.5, 0.6) is 0 Å². The lowest BCUT2D eigenvalue weighted by Gasteiger charge is -2.18. The number of hydrogen-bond acceptors (Lipinski definition) is 5. The molecule has 0 unspecified atom stereocenters. The fraction of sp³-hybridized carbons (Fsp3) is 0.333. The van der Waals surface area contributed by atoms with Crippen LogP contribution in [0.3, 0.4) is 0 Å². The summed E-state index contributed by atoms with van der Waals surface area (Å²) < 4.78 is 28.0. The number of hydrogen-bond donors (Lipinski definition) is 3. The van der Waals surface area contributed by atoms with Crippen LogP contribution in [0.2, 0.25) is 0 Å². The van der Waals surface area contributed by atoms with Crippen molar-refractivity contribution in [3.8, 4) is 0 Å². The van der Waals surface area contributed by atoms with Crippen LogP contribution in [0.15, 0.2) is 23.3 Å². The van der Waals surface area contributed by atoms with Crippen LogP contribution in [0.25, 0.3) is 10.9 Å². The minimum absolute atomic E-state index is 0.169. The molecule has 0 aliphatic carbocycles. The molecule has 1 aromatic heterocycles. The first kappa shape index (κ1) is 18.0. The van der Waals surface area contributed by atoms with E-state index in [1.165, 1.54) is 23.0 Å². The number of amides is 1. The molecule has 8 nitrogen and oxygen atoms in total. The topological polar surface area (TPSA) is 127 Å². The van der Waals surface area contributed by atoms with E-state index in [-0.39, 0.29) is 5.91 Å². The number of nitrogens with two attached hydrogens (primary N) is 1. The molecule has 1 amide bonds. The third kappa shape index (κ3) is 4.12. The van der Waals surface area contributed by atoms with E-state index in [1.807, 2.05) is 6.07 Å². The molecule has 3 rings (SSSR count). The average molecular weight is 352 g/mol. The number of aryl methyl sites for hydroxylation is 3. The van der Waals surface area contributed by atoms with Gasteiger partial charge in [0.1, 0.15) is 12.0 Å². The summed E-state index contributed by atoms with van der Waals surface area (Å²) in [6.07, 6.45) is 4.06.